The van der Waals surface area contributed by atoms with Gasteiger partial charge in [-0.15, -0.1) is 0 Å². The Hall–Kier alpha value is -3.90. The van der Waals surface area contributed by atoms with Gasteiger partial charge in [0.05, 0.1) is 39.6 Å². The monoisotopic (exact) mass is 1220 g/mol. The number of carbonyl (C=O) groups excluding carboxylic acids is 5. The normalized spacial score (nSPS) is 28.5. The molecule has 0 aromatic carbocycles. The van der Waals surface area contributed by atoms with Crippen LogP contribution in [0.1, 0.15) is 142 Å². The molecule has 0 radical (unpaired) electrons. The summed E-state index contributed by atoms with van der Waals surface area (Å²) < 4.78 is 32.4. The van der Waals surface area contributed by atoms with E-state index >= 15 is 0 Å². The number of amides is 5. The maximum absolute atomic E-state index is 14.5. The Labute approximate surface area is 489 Å². The van der Waals surface area contributed by atoms with Crippen LogP contribution in [0.5, 0.6) is 0 Å². The van der Waals surface area contributed by atoms with E-state index in [9.17, 15) is 95.2 Å². The van der Waals surface area contributed by atoms with Crippen LogP contribution in [0.25, 0.3) is 0 Å². The van der Waals surface area contributed by atoms with E-state index in [1.807, 2.05) is 0 Å². The van der Waals surface area contributed by atoms with Crippen LogP contribution >= 0.6 is 0 Å². The number of unbranched alkanes of at least 4 members (excludes halogenated alkanes) is 11. The van der Waals surface area contributed by atoms with Crippen molar-refractivity contribution >= 4 is 35.5 Å². The molecule has 0 bridgehead atoms. The highest BCUT2D eigenvalue weighted by Crippen LogP contribution is 2.28. The lowest BCUT2D eigenvalue weighted by Gasteiger charge is -2.39. The fourth-order valence-electron chi connectivity index (χ4n) is 9.88. The number of hydrogen-bond donors (Lipinski definition) is 18. The molecule has 18 N–H and O–H groups in total. The maximum Gasteiger partial charge on any atom is 0.303 e. The number of carboxylic acid groups (broad SMARTS) is 1. The van der Waals surface area contributed by atoms with Crippen LogP contribution < -0.4 is 26.6 Å². The van der Waals surface area contributed by atoms with Crippen molar-refractivity contribution in [3.05, 3.63) is 0 Å². The number of rotatable bonds is 43. The van der Waals surface area contributed by atoms with Gasteiger partial charge in [0, 0.05) is 57.3 Å². The van der Waals surface area contributed by atoms with Gasteiger partial charge in [0.1, 0.15) is 79.3 Å². The van der Waals surface area contributed by atoms with Crippen LogP contribution in [0.4, 0.5) is 0 Å². The molecule has 0 spiro atoms. The highest BCUT2D eigenvalue weighted by atomic mass is 16.7. The second-order valence-corrected chi connectivity index (χ2v) is 21.7. The first-order chi connectivity index (χ1) is 40.1. The molecule has 3 heterocycles. The van der Waals surface area contributed by atoms with Crippen molar-refractivity contribution < 1.29 is 124 Å². The highest BCUT2D eigenvalue weighted by molar-refractivity contribution is 5.89. The first-order valence-electron chi connectivity index (χ1n) is 29.5. The summed E-state index contributed by atoms with van der Waals surface area (Å²) in [4.78, 5) is 80.5. The van der Waals surface area contributed by atoms with Crippen molar-refractivity contribution in [2.24, 2.45) is 0 Å². The van der Waals surface area contributed by atoms with Crippen molar-refractivity contribution in [1.29, 1.82) is 0 Å². The Morgan fingerprint density at radius 2 is 0.774 bits per heavy atom. The van der Waals surface area contributed by atoms with Gasteiger partial charge < -0.3 is 121 Å². The summed E-state index contributed by atoms with van der Waals surface area (Å²) in [6.07, 6.45) is -14.0. The van der Waals surface area contributed by atoms with E-state index in [2.05, 4.69) is 33.5 Å². The minimum atomic E-state index is -1.73. The van der Waals surface area contributed by atoms with Crippen LogP contribution in [0.15, 0.2) is 0 Å². The van der Waals surface area contributed by atoms with Crippen LogP contribution in [0.2, 0.25) is 0 Å². The largest absolute Gasteiger partial charge is 0.481 e. The summed E-state index contributed by atoms with van der Waals surface area (Å²) in [7, 11) is 0. The second kappa shape index (κ2) is 40.5. The lowest BCUT2D eigenvalue weighted by Crippen LogP contribution is -2.59. The second-order valence-electron chi connectivity index (χ2n) is 21.7. The number of hydrogen-bond acceptors (Lipinski definition) is 24. The molecule has 488 valence electrons. The first kappa shape index (κ1) is 74.4. The number of aliphatic hydroxyl groups excluding tert-OH is 12. The molecule has 0 aromatic heterocycles. The number of nitrogens with one attached hydrogen (secondary N) is 5. The Balaban J connectivity index is 1.81. The zero-order valence-corrected chi connectivity index (χ0v) is 48.2. The summed E-state index contributed by atoms with van der Waals surface area (Å²) in [5, 5.41) is 143. The lowest BCUT2D eigenvalue weighted by molar-refractivity contribution is -0.300. The van der Waals surface area contributed by atoms with Gasteiger partial charge in [-0.3, -0.25) is 28.8 Å². The van der Waals surface area contributed by atoms with Crippen molar-refractivity contribution in [2.45, 2.75) is 245 Å². The fourth-order valence-corrected chi connectivity index (χ4v) is 9.88. The molecule has 3 fully saturated rings. The van der Waals surface area contributed by atoms with Crippen LogP contribution in [0.3, 0.4) is 0 Å². The zero-order chi connectivity index (χ0) is 62.2. The van der Waals surface area contributed by atoms with Crippen LogP contribution in [-0.4, -0.2) is 265 Å². The van der Waals surface area contributed by atoms with Gasteiger partial charge in [-0.2, -0.15) is 0 Å². The van der Waals surface area contributed by atoms with Gasteiger partial charge in [0.25, 0.3) is 0 Å². The van der Waals surface area contributed by atoms with Gasteiger partial charge in [0.2, 0.25) is 29.5 Å². The van der Waals surface area contributed by atoms with Gasteiger partial charge in [-0.1, -0.05) is 77.6 Å². The topological polar surface area (TPSA) is 481 Å². The van der Waals surface area contributed by atoms with E-state index in [1.165, 1.54) is 38.5 Å². The molecule has 3 aliphatic heterocycles. The van der Waals surface area contributed by atoms with E-state index in [4.69, 9.17) is 28.4 Å². The summed E-state index contributed by atoms with van der Waals surface area (Å²) in [5.41, 5.74) is -1.67. The minimum absolute atomic E-state index is 0.0280. The molecule has 0 saturated carbocycles. The summed E-state index contributed by atoms with van der Waals surface area (Å²) >= 11 is 0. The number of carbonyl (C=O) groups is 6. The summed E-state index contributed by atoms with van der Waals surface area (Å²) in [6, 6.07) is -1.44. The van der Waals surface area contributed by atoms with Gasteiger partial charge in [0.15, 0.2) is 18.9 Å². The van der Waals surface area contributed by atoms with Crippen LogP contribution in [-0.2, 0) is 57.2 Å². The molecular formula is C54H97N5O25. The van der Waals surface area contributed by atoms with Crippen molar-refractivity contribution in [1.82, 2.24) is 26.6 Å². The Kier molecular flexibility index (Phi) is 35.9. The average molecular weight is 1220 g/mol. The van der Waals surface area contributed by atoms with E-state index < -0.39 is 185 Å². The molecule has 0 unspecified atom stereocenters. The fraction of sp³-hybridized carbons (Fsp3) is 0.889. The summed E-state index contributed by atoms with van der Waals surface area (Å²) in [5.74, 6) is -4.68. The smallest absolute Gasteiger partial charge is 0.303 e. The quantitative estimate of drug-likeness (QED) is 0.0256. The Morgan fingerprint density at radius 3 is 1.10 bits per heavy atom. The maximum atomic E-state index is 14.5. The third-order valence-corrected chi connectivity index (χ3v) is 15.1. The zero-order valence-electron chi connectivity index (χ0n) is 48.2. The predicted molar refractivity (Wildman–Crippen MR) is 291 cm³/mol. The van der Waals surface area contributed by atoms with Gasteiger partial charge >= 0.3 is 5.97 Å². The highest BCUT2D eigenvalue weighted by Gasteiger charge is 2.46. The standard InChI is InChI=1S/C54H97N5O25/c1-2-3-4-5-6-7-8-9-10-11-12-13-14-39(66)58-32(15-16-40(67)68)50(78)59-54(20-17-36(63)55-23-26-79-51-47(75)44(72)41(69)33(29-60)82-51,21-18-37(64)56-24-27-80-52-48(76)45(73)42(70)34(30-61)83-52)22-19-38(65)57-25-28-81-53-49(77)46(74)43(71)35(31-62)84-53/h32-35,41-49,51-53,60-62,69-77H,2-31H2,1H3,(H,55,63)(H,56,64)(H,57,65)(H,58,66)(H,59,78)(H,67,68)/t32-,33+,34+,35+,41+,42+,43+,44-,45-,46-,47-,48-,49-,51-,52-,53-/m0/s1. The number of carboxylic acids is 1. The molecule has 30 nitrogen and oxygen atoms in total. The van der Waals surface area contributed by atoms with Gasteiger partial charge in [-0.25, -0.2) is 0 Å². The van der Waals surface area contributed by atoms with E-state index in [1.54, 1.807) is 0 Å². The molecule has 84 heavy (non-hydrogen) atoms. The van der Waals surface area contributed by atoms with Gasteiger partial charge in [-0.05, 0) is 32.1 Å². The van der Waals surface area contributed by atoms with Crippen LogP contribution in [0, 0.1) is 0 Å². The third-order valence-electron chi connectivity index (χ3n) is 15.1. The number of aliphatic carboxylic acids is 1. The molecule has 30 heteroatoms. The summed E-state index contributed by atoms with van der Waals surface area (Å²) in [6.45, 7) is -1.59. The van der Waals surface area contributed by atoms with E-state index in [-0.39, 0.29) is 71.6 Å². The SMILES string of the molecule is CCCCCCCCCCCCCCC(=O)N[C@@H](CCC(=O)O)C(=O)NC(CCC(=O)NCCO[C@H]1O[C@H](CO)[C@@H](O)[C@H](O)[C@@H]1O)(CCC(=O)NCCO[C@H]1O[C@H](CO)[C@@H](O)[C@H](O)[C@@H]1O)CCC(=O)NCCO[C@H]1O[C@H](CO)[C@@H](O)[C@H](O)[C@@H]1O. The third kappa shape index (κ3) is 26.2. The number of ether oxygens (including phenoxy) is 6. The number of aliphatic hydroxyl groups is 12. The molecular weight excluding hydrogens is 1120 g/mol. The van der Waals surface area contributed by atoms with E-state index in [0.717, 1.165) is 32.1 Å². The molecule has 3 rings (SSSR count). The Bertz CT molecular complexity index is 1760. The van der Waals surface area contributed by atoms with E-state index in [0.29, 0.717) is 6.42 Å². The molecule has 0 aliphatic carbocycles. The minimum Gasteiger partial charge on any atom is -0.481 e. The van der Waals surface area contributed by atoms with Crippen molar-refractivity contribution in [3.8, 4) is 0 Å². The Morgan fingerprint density at radius 1 is 0.440 bits per heavy atom. The molecule has 3 saturated heterocycles. The van der Waals surface area contributed by atoms with Crippen molar-refractivity contribution in [2.75, 3.05) is 59.3 Å². The average Bonchev–Trinajstić information content (AvgIpc) is 3.56. The molecule has 3 aliphatic rings. The lowest BCUT2D eigenvalue weighted by atomic mass is 9.82. The molecule has 0 aromatic rings. The van der Waals surface area contributed by atoms with Crippen molar-refractivity contribution in [3.63, 3.8) is 0 Å². The predicted octanol–water partition coefficient (Wildman–Crippen LogP) is -4.58. The first-order valence-corrected chi connectivity index (χ1v) is 29.5. The molecule has 5 amide bonds. The molecule has 16 atom stereocenters.